The lowest BCUT2D eigenvalue weighted by atomic mass is 9.87. The van der Waals surface area contributed by atoms with Crippen LogP contribution in [0, 0.1) is 11.8 Å². The van der Waals surface area contributed by atoms with E-state index in [1.54, 1.807) is 24.5 Å². The summed E-state index contributed by atoms with van der Waals surface area (Å²) in [5.74, 6) is 0.752. The molecule has 0 saturated carbocycles. The van der Waals surface area contributed by atoms with Crippen molar-refractivity contribution >= 4 is 29.2 Å². The number of halogens is 1. The standard InChI is InChI=1S/C23H29ClN6O2/c24-20-3-1-17(2-4-20)21(28-32)18-7-11-30(12-8-18)22(31)19-5-9-29(10-6-19)15-16-13-26-23(25)27-14-16/h1-4,13-14,18-19,32H,5-12,15H2,(H2,25,26,27). The Morgan fingerprint density at radius 2 is 1.62 bits per heavy atom. The van der Waals surface area contributed by atoms with Crippen LogP contribution in [0.25, 0.3) is 0 Å². The highest BCUT2D eigenvalue weighted by molar-refractivity contribution is 6.30. The molecule has 1 aromatic heterocycles. The first-order valence-electron chi connectivity index (χ1n) is 11.1. The zero-order chi connectivity index (χ0) is 22.5. The number of rotatable bonds is 5. The molecule has 0 bridgehead atoms. The van der Waals surface area contributed by atoms with Crippen LogP contribution in [-0.2, 0) is 11.3 Å². The third-order valence-corrected chi connectivity index (χ3v) is 6.76. The Morgan fingerprint density at radius 1 is 1.03 bits per heavy atom. The van der Waals surface area contributed by atoms with Crippen LogP contribution < -0.4 is 5.73 Å². The maximum Gasteiger partial charge on any atom is 0.225 e. The van der Waals surface area contributed by atoms with E-state index in [9.17, 15) is 10.0 Å². The molecule has 9 heteroatoms. The van der Waals surface area contributed by atoms with Crippen molar-refractivity contribution in [2.45, 2.75) is 32.2 Å². The summed E-state index contributed by atoms with van der Waals surface area (Å²) >= 11 is 5.97. The third kappa shape index (κ3) is 5.37. The molecule has 2 saturated heterocycles. The topological polar surface area (TPSA) is 108 Å². The lowest BCUT2D eigenvalue weighted by Gasteiger charge is -2.37. The van der Waals surface area contributed by atoms with Crippen LogP contribution in [0.4, 0.5) is 5.95 Å². The predicted molar refractivity (Wildman–Crippen MR) is 124 cm³/mol. The molecule has 2 aliphatic heterocycles. The number of likely N-dealkylation sites (tertiary alicyclic amines) is 2. The Morgan fingerprint density at radius 3 is 2.22 bits per heavy atom. The van der Waals surface area contributed by atoms with Gasteiger partial charge in [-0.3, -0.25) is 9.69 Å². The van der Waals surface area contributed by atoms with E-state index in [0.717, 1.165) is 56.4 Å². The van der Waals surface area contributed by atoms with Crippen molar-refractivity contribution in [1.82, 2.24) is 19.8 Å². The summed E-state index contributed by atoms with van der Waals surface area (Å²) in [6.07, 6.45) is 6.84. The fourth-order valence-electron chi connectivity index (χ4n) is 4.67. The van der Waals surface area contributed by atoms with Gasteiger partial charge in [0.2, 0.25) is 11.9 Å². The maximum absolute atomic E-state index is 13.1. The largest absolute Gasteiger partial charge is 0.411 e. The molecular formula is C23H29ClN6O2. The van der Waals surface area contributed by atoms with E-state index in [1.807, 2.05) is 17.0 Å². The number of aromatic nitrogens is 2. The predicted octanol–water partition coefficient (Wildman–Crippen LogP) is 3.04. The van der Waals surface area contributed by atoms with Gasteiger partial charge in [-0.25, -0.2) is 9.97 Å². The van der Waals surface area contributed by atoms with E-state index < -0.39 is 0 Å². The molecule has 4 rings (SSSR count). The molecule has 0 atom stereocenters. The van der Waals surface area contributed by atoms with Gasteiger partial charge in [-0.1, -0.05) is 28.9 Å². The number of oxime groups is 1. The number of hydrogen-bond acceptors (Lipinski definition) is 7. The lowest BCUT2D eigenvalue weighted by molar-refractivity contribution is -0.138. The number of carbonyl (C=O) groups excluding carboxylic acids is 1. The van der Waals surface area contributed by atoms with E-state index in [1.165, 1.54) is 0 Å². The highest BCUT2D eigenvalue weighted by Crippen LogP contribution is 2.27. The number of carbonyl (C=O) groups is 1. The van der Waals surface area contributed by atoms with Gasteiger partial charge in [0.15, 0.2) is 0 Å². The molecule has 2 fully saturated rings. The number of amides is 1. The van der Waals surface area contributed by atoms with Gasteiger partial charge in [0.05, 0.1) is 5.71 Å². The zero-order valence-electron chi connectivity index (χ0n) is 18.0. The highest BCUT2D eigenvalue weighted by Gasteiger charge is 2.32. The number of anilines is 1. The van der Waals surface area contributed by atoms with E-state index in [4.69, 9.17) is 17.3 Å². The molecule has 0 aliphatic carbocycles. The Bertz CT molecular complexity index is 934. The van der Waals surface area contributed by atoms with Crippen molar-refractivity contribution in [2.24, 2.45) is 17.0 Å². The fourth-order valence-corrected chi connectivity index (χ4v) is 4.80. The normalized spacial score (nSPS) is 19.3. The molecule has 0 spiro atoms. The van der Waals surface area contributed by atoms with Crippen LogP contribution in [0.3, 0.4) is 0 Å². The number of nitrogens with two attached hydrogens (primary N) is 1. The quantitative estimate of drug-likeness (QED) is 0.406. The molecule has 2 aromatic rings. The number of benzene rings is 1. The second-order valence-corrected chi connectivity index (χ2v) is 9.03. The summed E-state index contributed by atoms with van der Waals surface area (Å²) in [7, 11) is 0. The van der Waals surface area contributed by atoms with Crippen molar-refractivity contribution in [3.05, 3.63) is 52.8 Å². The molecule has 2 aliphatic rings. The second-order valence-electron chi connectivity index (χ2n) is 8.59. The second kappa shape index (κ2) is 10.3. The molecule has 32 heavy (non-hydrogen) atoms. The Kier molecular flexibility index (Phi) is 7.22. The molecule has 0 radical (unpaired) electrons. The Hall–Kier alpha value is -2.71. The molecule has 1 amide bonds. The van der Waals surface area contributed by atoms with Crippen molar-refractivity contribution in [2.75, 3.05) is 31.9 Å². The summed E-state index contributed by atoms with van der Waals surface area (Å²) in [6, 6.07) is 7.35. The number of piperidine rings is 2. The minimum Gasteiger partial charge on any atom is -0.411 e. The van der Waals surface area contributed by atoms with Crippen LogP contribution >= 0.6 is 11.6 Å². The van der Waals surface area contributed by atoms with Crippen LogP contribution in [-0.4, -0.2) is 62.8 Å². The van der Waals surface area contributed by atoms with Gasteiger partial charge in [0.25, 0.3) is 0 Å². The summed E-state index contributed by atoms with van der Waals surface area (Å²) < 4.78 is 0. The van der Waals surface area contributed by atoms with Gasteiger partial charge in [-0.05, 0) is 56.5 Å². The van der Waals surface area contributed by atoms with Crippen LogP contribution in [0.2, 0.25) is 5.02 Å². The molecule has 8 nitrogen and oxygen atoms in total. The molecule has 1 aromatic carbocycles. The Balaban J connectivity index is 1.25. The van der Waals surface area contributed by atoms with Gasteiger partial charge in [-0.2, -0.15) is 0 Å². The molecule has 170 valence electrons. The van der Waals surface area contributed by atoms with Crippen molar-refractivity contribution in [3.8, 4) is 0 Å². The summed E-state index contributed by atoms with van der Waals surface area (Å²) in [4.78, 5) is 25.5. The van der Waals surface area contributed by atoms with Crippen molar-refractivity contribution in [3.63, 3.8) is 0 Å². The van der Waals surface area contributed by atoms with Gasteiger partial charge in [0, 0.05) is 54.4 Å². The van der Waals surface area contributed by atoms with E-state index in [-0.39, 0.29) is 23.7 Å². The third-order valence-electron chi connectivity index (χ3n) is 6.51. The molecule has 3 N–H and O–H groups in total. The van der Waals surface area contributed by atoms with Gasteiger partial charge in [0.1, 0.15) is 0 Å². The maximum atomic E-state index is 13.1. The summed E-state index contributed by atoms with van der Waals surface area (Å²) in [6.45, 7) is 3.93. The van der Waals surface area contributed by atoms with E-state index in [2.05, 4.69) is 20.0 Å². The first-order valence-corrected chi connectivity index (χ1v) is 11.5. The van der Waals surface area contributed by atoms with Crippen LogP contribution in [0.1, 0.15) is 36.8 Å². The molecular weight excluding hydrogens is 428 g/mol. The smallest absolute Gasteiger partial charge is 0.225 e. The van der Waals surface area contributed by atoms with Crippen molar-refractivity contribution < 1.29 is 10.0 Å². The van der Waals surface area contributed by atoms with Gasteiger partial charge in [-0.15, -0.1) is 0 Å². The van der Waals surface area contributed by atoms with E-state index >= 15 is 0 Å². The van der Waals surface area contributed by atoms with Gasteiger partial charge >= 0.3 is 0 Å². The number of hydrogen-bond donors (Lipinski definition) is 2. The summed E-state index contributed by atoms with van der Waals surface area (Å²) in [5.41, 5.74) is 8.13. The minimum atomic E-state index is 0.0766. The van der Waals surface area contributed by atoms with Gasteiger partial charge < -0.3 is 15.8 Å². The minimum absolute atomic E-state index is 0.0766. The molecule has 0 unspecified atom stereocenters. The van der Waals surface area contributed by atoms with Crippen molar-refractivity contribution in [1.29, 1.82) is 0 Å². The van der Waals surface area contributed by atoms with Crippen LogP contribution in [0.15, 0.2) is 41.8 Å². The average molecular weight is 457 g/mol. The lowest BCUT2D eigenvalue weighted by Crippen LogP contribution is -2.46. The average Bonchev–Trinajstić information content (AvgIpc) is 2.83. The first kappa shape index (κ1) is 22.5. The summed E-state index contributed by atoms with van der Waals surface area (Å²) in [5, 5.41) is 13.8. The first-order chi connectivity index (χ1) is 15.5. The monoisotopic (exact) mass is 456 g/mol. The highest BCUT2D eigenvalue weighted by atomic mass is 35.5. The Labute approximate surface area is 193 Å². The molecule has 3 heterocycles. The SMILES string of the molecule is Nc1ncc(CN2CCC(C(=O)N3CCC(C(=NO)c4ccc(Cl)cc4)CC3)CC2)cn1. The van der Waals surface area contributed by atoms with Crippen LogP contribution in [0.5, 0.6) is 0 Å². The van der Waals surface area contributed by atoms with E-state index in [0.29, 0.717) is 23.8 Å². The number of nitrogen functional groups attached to an aromatic ring is 1. The zero-order valence-corrected chi connectivity index (χ0v) is 18.8. The fraction of sp³-hybridized carbons (Fsp3) is 0.478. The number of nitrogens with zero attached hydrogens (tertiary/aromatic N) is 5.